The molecule has 1 aromatic heterocycles. The van der Waals surface area contributed by atoms with Crippen LogP contribution in [0.25, 0.3) is 22.1 Å². The Morgan fingerprint density at radius 1 is 0.968 bits per heavy atom. The molecule has 0 unspecified atom stereocenters. The molecule has 31 heavy (non-hydrogen) atoms. The van der Waals surface area contributed by atoms with E-state index < -0.39 is 11.2 Å². The van der Waals surface area contributed by atoms with E-state index in [1.807, 2.05) is 26.8 Å². The van der Waals surface area contributed by atoms with Gasteiger partial charge in [0.15, 0.2) is 0 Å². The smallest absolute Gasteiger partial charge is 0.204 e. The normalized spacial score (nSPS) is 11.6. The SMILES string of the molecule is CC(C)=CCCC(C)=CCc1c(O)ccc(-c2coc3cc(O)cc(O)c3c2=O)c1O. The maximum Gasteiger partial charge on any atom is 0.204 e. The summed E-state index contributed by atoms with van der Waals surface area (Å²) in [6.45, 7) is 6.09. The maximum atomic E-state index is 13.0. The predicted molar refractivity (Wildman–Crippen MR) is 121 cm³/mol. The van der Waals surface area contributed by atoms with Crippen molar-refractivity contribution in [3.8, 4) is 34.1 Å². The minimum absolute atomic E-state index is 0.0275. The fourth-order valence-corrected chi connectivity index (χ4v) is 3.42. The van der Waals surface area contributed by atoms with E-state index in [2.05, 4.69) is 6.08 Å². The average molecular weight is 422 g/mol. The summed E-state index contributed by atoms with van der Waals surface area (Å²) in [6, 6.07) is 5.12. The highest BCUT2D eigenvalue weighted by molar-refractivity contribution is 5.89. The maximum absolute atomic E-state index is 13.0. The zero-order valence-electron chi connectivity index (χ0n) is 17.8. The first-order valence-electron chi connectivity index (χ1n) is 9.99. The van der Waals surface area contributed by atoms with Gasteiger partial charge in [0.05, 0.1) is 5.56 Å². The number of aromatic hydroxyl groups is 4. The second kappa shape index (κ2) is 9.00. The van der Waals surface area contributed by atoms with Crippen LogP contribution < -0.4 is 5.43 Å². The molecule has 0 spiro atoms. The summed E-state index contributed by atoms with van der Waals surface area (Å²) in [5, 5.41) is 40.7. The lowest BCUT2D eigenvalue weighted by molar-refractivity contribution is 0.441. The van der Waals surface area contributed by atoms with Crippen molar-refractivity contribution in [2.45, 2.75) is 40.0 Å². The van der Waals surface area contributed by atoms with Crippen molar-refractivity contribution in [2.24, 2.45) is 0 Å². The average Bonchev–Trinajstić information content (AvgIpc) is 2.68. The molecule has 0 amide bonds. The molecule has 0 saturated carbocycles. The largest absolute Gasteiger partial charge is 0.508 e. The summed E-state index contributed by atoms with van der Waals surface area (Å²) < 4.78 is 5.42. The second-order valence-electron chi connectivity index (χ2n) is 7.85. The van der Waals surface area contributed by atoms with Gasteiger partial charge in [-0.3, -0.25) is 4.79 Å². The molecule has 0 radical (unpaired) electrons. The van der Waals surface area contributed by atoms with Crippen LogP contribution in [0.4, 0.5) is 0 Å². The molecule has 4 N–H and O–H groups in total. The summed E-state index contributed by atoms with van der Waals surface area (Å²) in [4.78, 5) is 13.0. The quantitative estimate of drug-likeness (QED) is 0.389. The Hall–Kier alpha value is -3.67. The van der Waals surface area contributed by atoms with Gasteiger partial charge in [0, 0.05) is 23.3 Å². The standard InChI is InChI=1S/C25H26O6/c1-14(2)5-4-6-15(3)7-8-18-20(27)10-9-17(24(18)29)19-13-31-22-12-16(26)11-21(28)23(22)25(19)30/h5,7,9-13,26-29H,4,6,8H2,1-3H3. The Morgan fingerprint density at radius 2 is 1.71 bits per heavy atom. The van der Waals surface area contributed by atoms with Crippen molar-refractivity contribution in [3.05, 3.63) is 69.6 Å². The third kappa shape index (κ3) is 4.74. The molecule has 0 bridgehead atoms. The van der Waals surface area contributed by atoms with Crippen LogP contribution in [-0.4, -0.2) is 20.4 Å². The van der Waals surface area contributed by atoms with E-state index in [1.54, 1.807) is 0 Å². The van der Waals surface area contributed by atoms with Gasteiger partial charge in [-0.2, -0.15) is 0 Å². The van der Waals surface area contributed by atoms with E-state index in [-0.39, 0.29) is 39.3 Å². The van der Waals surface area contributed by atoms with Crippen molar-refractivity contribution in [3.63, 3.8) is 0 Å². The van der Waals surface area contributed by atoms with Gasteiger partial charge in [-0.1, -0.05) is 23.3 Å². The number of benzene rings is 2. The number of hydrogen-bond acceptors (Lipinski definition) is 6. The Morgan fingerprint density at radius 3 is 2.42 bits per heavy atom. The Labute approximate surface area is 180 Å². The molecular weight excluding hydrogens is 396 g/mol. The van der Waals surface area contributed by atoms with Crippen LogP contribution in [0.2, 0.25) is 0 Å². The predicted octanol–water partition coefficient (Wildman–Crippen LogP) is 5.52. The molecular formula is C25H26O6. The summed E-state index contributed by atoms with van der Waals surface area (Å²) in [6.07, 6.45) is 7.34. The van der Waals surface area contributed by atoms with Crippen molar-refractivity contribution in [2.75, 3.05) is 0 Å². The fourth-order valence-electron chi connectivity index (χ4n) is 3.42. The molecule has 1 heterocycles. The molecule has 0 aliphatic heterocycles. The van der Waals surface area contributed by atoms with Crippen LogP contribution in [0.15, 0.2) is 63.0 Å². The van der Waals surface area contributed by atoms with Gasteiger partial charge in [0.2, 0.25) is 5.43 Å². The summed E-state index contributed by atoms with van der Waals surface area (Å²) in [7, 11) is 0. The lowest BCUT2D eigenvalue weighted by Gasteiger charge is -2.11. The van der Waals surface area contributed by atoms with Crippen molar-refractivity contribution < 1.29 is 24.8 Å². The second-order valence-corrected chi connectivity index (χ2v) is 7.85. The molecule has 162 valence electrons. The summed E-state index contributed by atoms with van der Waals surface area (Å²) >= 11 is 0. The van der Waals surface area contributed by atoms with E-state index in [0.29, 0.717) is 12.0 Å². The number of fused-ring (bicyclic) bond motifs is 1. The molecule has 3 rings (SSSR count). The van der Waals surface area contributed by atoms with E-state index in [9.17, 15) is 25.2 Å². The van der Waals surface area contributed by atoms with Gasteiger partial charge in [-0.05, 0) is 52.2 Å². The number of phenols is 4. The Balaban J connectivity index is 2.00. The number of allylic oxidation sites excluding steroid dienone is 4. The highest BCUT2D eigenvalue weighted by Gasteiger charge is 2.19. The molecule has 0 aliphatic rings. The van der Waals surface area contributed by atoms with Gasteiger partial charge in [-0.25, -0.2) is 0 Å². The van der Waals surface area contributed by atoms with Crippen molar-refractivity contribution in [1.29, 1.82) is 0 Å². The monoisotopic (exact) mass is 422 g/mol. The van der Waals surface area contributed by atoms with Crippen LogP contribution in [0.1, 0.15) is 39.2 Å². The summed E-state index contributed by atoms with van der Waals surface area (Å²) in [5.74, 6) is -0.952. The van der Waals surface area contributed by atoms with Crippen molar-refractivity contribution in [1.82, 2.24) is 0 Å². The van der Waals surface area contributed by atoms with E-state index in [0.717, 1.165) is 24.5 Å². The third-order valence-corrected chi connectivity index (χ3v) is 5.14. The first-order chi connectivity index (χ1) is 14.7. The van der Waals surface area contributed by atoms with Crippen molar-refractivity contribution >= 4 is 11.0 Å². The molecule has 0 atom stereocenters. The fraction of sp³-hybridized carbons (Fsp3) is 0.240. The first-order valence-corrected chi connectivity index (χ1v) is 9.99. The van der Waals surface area contributed by atoms with Gasteiger partial charge in [0.1, 0.15) is 40.2 Å². The van der Waals surface area contributed by atoms with Gasteiger partial charge >= 0.3 is 0 Å². The first kappa shape index (κ1) is 22.0. The zero-order valence-corrected chi connectivity index (χ0v) is 17.8. The molecule has 0 saturated heterocycles. The van der Waals surface area contributed by atoms with Crippen LogP contribution in [0, 0.1) is 0 Å². The van der Waals surface area contributed by atoms with Gasteiger partial charge in [0.25, 0.3) is 0 Å². The third-order valence-electron chi connectivity index (χ3n) is 5.14. The minimum atomic E-state index is -0.556. The van der Waals surface area contributed by atoms with Crippen LogP contribution >= 0.6 is 0 Å². The summed E-state index contributed by atoms with van der Waals surface area (Å²) in [5.41, 5.74) is 2.37. The lowest BCUT2D eigenvalue weighted by Crippen LogP contribution is -2.05. The van der Waals surface area contributed by atoms with Gasteiger partial charge in [-0.15, -0.1) is 0 Å². The Kier molecular flexibility index (Phi) is 6.39. The van der Waals surface area contributed by atoms with E-state index in [4.69, 9.17) is 4.42 Å². The van der Waals surface area contributed by atoms with Gasteiger partial charge < -0.3 is 24.8 Å². The highest BCUT2D eigenvalue weighted by atomic mass is 16.3. The number of hydrogen-bond donors (Lipinski definition) is 4. The molecule has 2 aromatic carbocycles. The van der Waals surface area contributed by atoms with Crippen LogP contribution in [-0.2, 0) is 6.42 Å². The van der Waals surface area contributed by atoms with Crippen LogP contribution in [0.5, 0.6) is 23.0 Å². The van der Waals surface area contributed by atoms with Crippen LogP contribution in [0.3, 0.4) is 0 Å². The topological polar surface area (TPSA) is 111 Å². The molecule has 0 aliphatic carbocycles. The molecule has 0 fully saturated rings. The molecule has 6 nitrogen and oxygen atoms in total. The van der Waals surface area contributed by atoms with E-state index >= 15 is 0 Å². The molecule has 6 heteroatoms. The number of phenolic OH excluding ortho intramolecular Hbond substituents is 4. The zero-order chi connectivity index (χ0) is 22.7. The van der Waals surface area contributed by atoms with E-state index in [1.165, 1.54) is 30.0 Å². The minimum Gasteiger partial charge on any atom is -0.508 e. The molecule has 3 aromatic rings. The number of rotatable bonds is 6. The Bertz CT molecular complexity index is 1240. The highest BCUT2D eigenvalue weighted by Crippen LogP contribution is 2.38. The lowest BCUT2D eigenvalue weighted by atomic mass is 9.98.